The fourth-order valence-corrected chi connectivity index (χ4v) is 4.91. The predicted molar refractivity (Wildman–Crippen MR) is 139 cm³/mol. The molecule has 5 aromatic rings. The molecule has 0 saturated heterocycles. The lowest BCUT2D eigenvalue weighted by atomic mass is 10.0. The molecule has 3 aromatic heterocycles. The Balaban J connectivity index is 1.32. The molecule has 0 bridgehead atoms. The van der Waals surface area contributed by atoms with E-state index in [4.69, 9.17) is 16.4 Å². The van der Waals surface area contributed by atoms with Gasteiger partial charge in [0.2, 0.25) is 0 Å². The number of hydrogen-bond acceptors (Lipinski definition) is 7. The lowest BCUT2D eigenvalue weighted by Gasteiger charge is -2.15. The number of halogens is 1. The van der Waals surface area contributed by atoms with Crippen LogP contribution in [-0.2, 0) is 11.3 Å². The summed E-state index contributed by atoms with van der Waals surface area (Å²) in [6.07, 6.45) is 6.48. The molecule has 1 N–H and O–H groups in total. The molecule has 1 aliphatic heterocycles. The van der Waals surface area contributed by atoms with E-state index in [9.17, 15) is 4.79 Å². The normalized spacial score (nSPS) is 14.8. The van der Waals surface area contributed by atoms with Gasteiger partial charge in [0, 0.05) is 22.3 Å². The number of fused-ring (bicyclic) bond motifs is 1. The highest BCUT2D eigenvalue weighted by Gasteiger charge is 2.28. The number of aromatic nitrogens is 7. The Bertz CT molecular complexity index is 1660. The Morgan fingerprint density at radius 2 is 2.00 bits per heavy atom. The Kier molecular flexibility index (Phi) is 5.85. The third-order valence-electron chi connectivity index (χ3n) is 6.44. The molecular formula is C26H21ClN8O2. The minimum absolute atomic E-state index is 0.0997. The molecule has 0 radical (unpaired) electrons. The molecule has 0 amide bonds. The number of nitrogens with zero attached hydrogens (tertiary/aromatic N) is 7. The van der Waals surface area contributed by atoms with E-state index in [1.54, 1.807) is 29.2 Å². The van der Waals surface area contributed by atoms with Crippen molar-refractivity contribution in [3.63, 3.8) is 0 Å². The summed E-state index contributed by atoms with van der Waals surface area (Å²) in [7, 11) is 1.51. The second kappa shape index (κ2) is 9.47. The first kappa shape index (κ1) is 22.9. The fraction of sp³-hybridized carbons (Fsp3) is 0.154. The number of imidazole rings is 1. The van der Waals surface area contributed by atoms with Gasteiger partial charge in [-0.1, -0.05) is 41.0 Å². The molecule has 1 aliphatic rings. The van der Waals surface area contributed by atoms with Crippen molar-refractivity contribution in [1.82, 2.24) is 34.7 Å². The lowest BCUT2D eigenvalue weighted by molar-refractivity contribution is 0.215. The van der Waals surface area contributed by atoms with Crippen LogP contribution in [0.5, 0.6) is 0 Å². The Morgan fingerprint density at radius 1 is 1.14 bits per heavy atom. The second-order valence-corrected chi connectivity index (χ2v) is 9.07. The van der Waals surface area contributed by atoms with Crippen LogP contribution in [-0.4, -0.2) is 48.1 Å². The van der Waals surface area contributed by atoms with Crippen molar-refractivity contribution >= 4 is 17.8 Å². The maximum absolute atomic E-state index is 13.4. The van der Waals surface area contributed by atoms with Crippen LogP contribution >= 0.6 is 11.6 Å². The number of aromatic amines is 1. The van der Waals surface area contributed by atoms with Crippen molar-refractivity contribution in [1.29, 1.82) is 0 Å². The molecule has 11 heteroatoms. The monoisotopic (exact) mass is 512 g/mol. The first-order valence-electron chi connectivity index (χ1n) is 11.6. The number of benzene rings is 2. The topological polar surface area (TPSA) is 116 Å². The van der Waals surface area contributed by atoms with Gasteiger partial charge in [-0.05, 0) is 64.2 Å². The third kappa shape index (κ3) is 4.31. The summed E-state index contributed by atoms with van der Waals surface area (Å²) in [4.78, 5) is 26.2. The summed E-state index contributed by atoms with van der Waals surface area (Å²) in [6.45, 7) is 0. The highest BCUT2D eigenvalue weighted by Crippen LogP contribution is 2.34. The van der Waals surface area contributed by atoms with Crippen LogP contribution in [0.2, 0.25) is 5.02 Å². The molecular weight excluding hydrogens is 492 g/mol. The maximum Gasteiger partial charge on any atom is 0.252 e. The van der Waals surface area contributed by atoms with Crippen molar-refractivity contribution in [2.24, 2.45) is 5.16 Å². The fourth-order valence-electron chi connectivity index (χ4n) is 4.74. The molecule has 184 valence electrons. The number of aryl methyl sites for hydroxylation is 1. The van der Waals surface area contributed by atoms with Crippen LogP contribution in [0.15, 0.2) is 77.1 Å². The number of hydrogen-bond donors (Lipinski definition) is 1. The summed E-state index contributed by atoms with van der Waals surface area (Å²) in [5.41, 5.74) is 5.93. The van der Waals surface area contributed by atoms with Crippen LogP contribution in [0.1, 0.15) is 29.5 Å². The van der Waals surface area contributed by atoms with Crippen LogP contribution in [0, 0.1) is 0 Å². The quantitative estimate of drug-likeness (QED) is 0.271. The SMILES string of the molecule is CO/N=C/c1ccc(-c2cnc([C@@H]3CCc4cc(-c5cc(Cl)ccc5-n5cnnn5)cc(=O)n43)[nH]2)cc1. The van der Waals surface area contributed by atoms with Gasteiger partial charge in [-0.3, -0.25) is 4.79 Å². The van der Waals surface area contributed by atoms with Gasteiger partial charge in [0.25, 0.3) is 5.56 Å². The van der Waals surface area contributed by atoms with Gasteiger partial charge in [-0.15, -0.1) is 5.10 Å². The molecule has 0 spiro atoms. The van der Waals surface area contributed by atoms with Gasteiger partial charge >= 0.3 is 0 Å². The van der Waals surface area contributed by atoms with Crippen molar-refractivity contribution < 1.29 is 4.84 Å². The number of rotatable bonds is 6. The van der Waals surface area contributed by atoms with Crippen LogP contribution in [0.3, 0.4) is 0 Å². The molecule has 0 saturated carbocycles. The molecule has 37 heavy (non-hydrogen) atoms. The van der Waals surface area contributed by atoms with Crippen LogP contribution < -0.4 is 5.56 Å². The number of nitrogens with one attached hydrogen (secondary N) is 1. The zero-order chi connectivity index (χ0) is 25.4. The van der Waals surface area contributed by atoms with Gasteiger partial charge in [-0.2, -0.15) is 4.68 Å². The van der Waals surface area contributed by atoms with E-state index in [1.165, 1.54) is 13.4 Å². The summed E-state index contributed by atoms with van der Waals surface area (Å²) in [5.74, 6) is 0.755. The second-order valence-electron chi connectivity index (χ2n) is 8.64. The van der Waals surface area contributed by atoms with Crippen molar-refractivity contribution in [3.05, 3.63) is 99.6 Å². The summed E-state index contributed by atoms with van der Waals surface area (Å²) < 4.78 is 3.37. The van der Waals surface area contributed by atoms with Crippen molar-refractivity contribution in [2.45, 2.75) is 18.9 Å². The van der Waals surface area contributed by atoms with Gasteiger partial charge in [0.1, 0.15) is 19.3 Å². The number of H-pyrrole nitrogens is 1. The molecule has 0 unspecified atom stereocenters. The standard InChI is InChI=1S/C26H21ClN8O2/c1-37-30-13-16-2-4-17(5-3-16)22-14-28-26(31-22)24-9-7-20-10-18(11-25(36)35(20)24)21-12-19(27)6-8-23(21)34-15-29-32-33-34/h2-6,8,10-15,24H,7,9H2,1H3,(H,28,31)/b30-13+/t24-/m0/s1. The molecule has 0 fully saturated rings. The highest BCUT2D eigenvalue weighted by atomic mass is 35.5. The predicted octanol–water partition coefficient (Wildman–Crippen LogP) is 4.05. The van der Waals surface area contributed by atoms with E-state index >= 15 is 0 Å². The number of tetrazole rings is 1. The van der Waals surface area contributed by atoms with Crippen LogP contribution in [0.25, 0.3) is 28.1 Å². The van der Waals surface area contributed by atoms with Gasteiger partial charge in [0.15, 0.2) is 0 Å². The first-order chi connectivity index (χ1) is 18.1. The summed E-state index contributed by atoms with van der Waals surface area (Å²) in [6, 6.07) is 16.8. The molecule has 1 atom stereocenters. The molecule has 4 heterocycles. The Hall–Kier alpha value is -4.57. The van der Waals surface area contributed by atoms with E-state index in [2.05, 4.69) is 30.6 Å². The average Bonchev–Trinajstić information content (AvgIpc) is 3.68. The lowest BCUT2D eigenvalue weighted by Crippen LogP contribution is -2.23. The maximum atomic E-state index is 13.4. The molecule has 0 aliphatic carbocycles. The molecule has 2 aromatic carbocycles. The first-order valence-corrected chi connectivity index (χ1v) is 12.0. The average molecular weight is 513 g/mol. The summed E-state index contributed by atoms with van der Waals surface area (Å²) in [5, 5.41) is 15.8. The van der Waals surface area contributed by atoms with Gasteiger partial charge < -0.3 is 14.4 Å². The number of pyridine rings is 1. The van der Waals surface area contributed by atoms with Crippen molar-refractivity contribution in [3.8, 4) is 28.1 Å². The number of oxime groups is 1. The Labute approximate surface area is 216 Å². The van der Waals surface area contributed by atoms with Gasteiger partial charge in [0.05, 0.1) is 29.8 Å². The minimum atomic E-state index is -0.170. The zero-order valence-corrected chi connectivity index (χ0v) is 20.5. The Morgan fingerprint density at radius 3 is 2.78 bits per heavy atom. The molecule has 6 rings (SSSR count). The van der Waals surface area contributed by atoms with E-state index in [1.807, 2.05) is 47.0 Å². The van der Waals surface area contributed by atoms with E-state index in [0.717, 1.165) is 58.0 Å². The van der Waals surface area contributed by atoms with Crippen molar-refractivity contribution in [2.75, 3.05) is 7.11 Å². The minimum Gasteiger partial charge on any atom is -0.399 e. The zero-order valence-electron chi connectivity index (χ0n) is 19.7. The van der Waals surface area contributed by atoms with E-state index in [0.29, 0.717) is 5.02 Å². The van der Waals surface area contributed by atoms with E-state index in [-0.39, 0.29) is 11.6 Å². The summed E-state index contributed by atoms with van der Waals surface area (Å²) >= 11 is 6.30. The van der Waals surface area contributed by atoms with E-state index < -0.39 is 0 Å². The largest absolute Gasteiger partial charge is 0.399 e. The molecule has 10 nitrogen and oxygen atoms in total. The smallest absolute Gasteiger partial charge is 0.252 e. The van der Waals surface area contributed by atoms with Crippen LogP contribution in [0.4, 0.5) is 0 Å². The highest BCUT2D eigenvalue weighted by molar-refractivity contribution is 6.31. The third-order valence-corrected chi connectivity index (χ3v) is 6.67. The van der Waals surface area contributed by atoms with Gasteiger partial charge in [-0.25, -0.2) is 4.98 Å².